The molecule has 1 aromatic rings. The minimum absolute atomic E-state index is 0.367. The summed E-state index contributed by atoms with van der Waals surface area (Å²) < 4.78 is 0. The Labute approximate surface area is 126 Å². The average Bonchev–Trinajstić information content (AvgIpc) is 2.82. The zero-order valence-corrected chi connectivity index (χ0v) is 11.8. The topological polar surface area (TPSA) is 65.1 Å². The third-order valence-electron chi connectivity index (χ3n) is 3.24. The van der Waals surface area contributed by atoms with E-state index in [1.807, 2.05) is 23.4 Å². The van der Waals surface area contributed by atoms with Gasteiger partial charge in [-0.3, -0.25) is 0 Å². The highest BCUT2D eigenvalue weighted by atomic mass is 35.5. The highest BCUT2D eigenvalue weighted by Crippen LogP contribution is 2.36. The Hall–Kier alpha value is -2.09. The molecule has 20 heavy (non-hydrogen) atoms. The van der Waals surface area contributed by atoms with Crippen molar-refractivity contribution in [3.8, 4) is 6.07 Å². The molecule has 4 nitrogen and oxygen atoms in total. The van der Waals surface area contributed by atoms with Crippen molar-refractivity contribution in [2.45, 2.75) is 0 Å². The fourth-order valence-electron chi connectivity index (χ4n) is 2.27. The molecule has 0 saturated heterocycles. The minimum Gasteiger partial charge on any atom is -0.384 e. The maximum Gasteiger partial charge on any atom is 0.119 e. The number of benzene rings is 1. The first-order valence-corrected chi connectivity index (χ1v) is 6.65. The van der Waals surface area contributed by atoms with E-state index in [9.17, 15) is 5.26 Å². The number of rotatable bonds is 1. The first kappa shape index (κ1) is 12.9. The summed E-state index contributed by atoms with van der Waals surface area (Å²) in [4.78, 5) is 1.97. The van der Waals surface area contributed by atoms with Gasteiger partial charge in [0.15, 0.2) is 0 Å². The maximum atomic E-state index is 9.20. The predicted molar refractivity (Wildman–Crippen MR) is 79.9 cm³/mol. The van der Waals surface area contributed by atoms with Gasteiger partial charge in [-0.1, -0.05) is 23.2 Å². The molecule has 2 aliphatic rings. The number of fused-ring (bicyclic) bond motifs is 1. The van der Waals surface area contributed by atoms with Gasteiger partial charge in [0.05, 0.1) is 10.7 Å². The Bertz CT molecular complexity index is 725. The largest absolute Gasteiger partial charge is 0.384 e. The second-order valence-electron chi connectivity index (χ2n) is 4.48. The fourth-order valence-corrected chi connectivity index (χ4v) is 2.79. The van der Waals surface area contributed by atoms with E-state index in [0.717, 1.165) is 16.8 Å². The van der Waals surface area contributed by atoms with E-state index in [-0.39, 0.29) is 0 Å². The van der Waals surface area contributed by atoms with Crippen LogP contribution in [0.5, 0.6) is 0 Å². The molecule has 0 unspecified atom stereocenters. The summed E-state index contributed by atoms with van der Waals surface area (Å²) in [5.74, 6) is 0.367. The number of nitriles is 1. The van der Waals surface area contributed by atoms with Crippen LogP contribution < -0.4 is 16.0 Å². The minimum atomic E-state index is 0.367. The van der Waals surface area contributed by atoms with Gasteiger partial charge in [0, 0.05) is 29.5 Å². The molecular weight excluding hydrogens is 295 g/mol. The fraction of sp³-hybridized carbons (Fsp3) is 0.0714. The van der Waals surface area contributed by atoms with Crippen molar-refractivity contribution in [2.24, 2.45) is 5.73 Å². The van der Waals surface area contributed by atoms with Crippen LogP contribution in [0.2, 0.25) is 10.0 Å². The van der Waals surface area contributed by atoms with Gasteiger partial charge < -0.3 is 16.0 Å². The van der Waals surface area contributed by atoms with Crippen LogP contribution >= 0.6 is 23.2 Å². The number of hydrogen-bond donors (Lipinski definition) is 2. The van der Waals surface area contributed by atoms with Gasteiger partial charge in [-0.2, -0.15) is 5.26 Å². The third-order valence-corrected chi connectivity index (χ3v) is 3.78. The number of nitrogens with zero attached hydrogens (tertiary/aromatic N) is 2. The molecule has 6 heteroatoms. The van der Waals surface area contributed by atoms with Crippen LogP contribution in [-0.2, 0) is 0 Å². The summed E-state index contributed by atoms with van der Waals surface area (Å²) in [5, 5.41) is 13.3. The van der Waals surface area contributed by atoms with Crippen molar-refractivity contribution in [3.05, 3.63) is 63.2 Å². The van der Waals surface area contributed by atoms with Gasteiger partial charge in [0.2, 0.25) is 0 Å². The molecule has 3 rings (SSSR count). The van der Waals surface area contributed by atoms with E-state index in [4.69, 9.17) is 28.9 Å². The number of anilines is 1. The molecule has 0 aromatic heterocycles. The third kappa shape index (κ3) is 2.01. The van der Waals surface area contributed by atoms with Crippen molar-refractivity contribution in [2.75, 3.05) is 11.4 Å². The van der Waals surface area contributed by atoms with Crippen LogP contribution in [0, 0.1) is 11.3 Å². The Kier molecular flexibility index (Phi) is 3.09. The Morgan fingerprint density at radius 1 is 1.35 bits per heavy atom. The van der Waals surface area contributed by atoms with Gasteiger partial charge in [-0.05, 0) is 23.8 Å². The normalized spacial score (nSPS) is 17.1. The molecule has 0 spiro atoms. The lowest BCUT2D eigenvalue weighted by molar-refractivity contribution is 0.962. The highest BCUT2D eigenvalue weighted by Gasteiger charge is 2.27. The number of halogens is 2. The van der Waals surface area contributed by atoms with Gasteiger partial charge in [0.1, 0.15) is 17.5 Å². The van der Waals surface area contributed by atoms with Crippen LogP contribution in [0.15, 0.2) is 53.1 Å². The Balaban J connectivity index is 2.02. The predicted octanol–water partition coefficient (Wildman–Crippen LogP) is 2.88. The highest BCUT2D eigenvalue weighted by molar-refractivity contribution is 6.36. The van der Waals surface area contributed by atoms with Crippen LogP contribution in [0.1, 0.15) is 0 Å². The van der Waals surface area contributed by atoms with E-state index in [2.05, 4.69) is 11.4 Å². The molecule has 2 heterocycles. The number of hydrogen-bond acceptors (Lipinski definition) is 4. The van der Waals surface area contributed by atoms with Crippen molar-refractivity contribution in [1.29, 1.82) is 5.26 Å². The first-order valence-electron chi connectivity index (χ1n) is 5.90. The quantitative estimate of drug-likeness (QED) is 0.837. The van der Waals surface area contributed by atoms with Crippen molar-refractivity contribution in [3.63, 3.8) is 0 Å². The molecule has 0 radical (unpaired) electrons. The standard InChI is InChI=1S/C14H10Cl2N4/c15-9-1-2-13(12(16)3-9)20-6-8-5-19-14(18)10(4-17)11(8)7-20/h1-3,5,7,19H,6,18H2. The van der Waals surface area contributed by atoms with Crippen molar-refractivity contribution >= 4 is 28.9 Å². The lowest BCUT2D eigenvalue weighted by atomic mass is 10.0. The summed E-state index contributed by atoms with van der Waals surface area (Å²) >= 11 is 12.1. The van der Waals surface area contributed by atoms with Gasteiger partial charge in [0.25, 0.3) is 0 Å². The molecule has 0 atom stereocenters. The number of allylic oxidation sites excluding steroid dienone is 1. The van der Waals surface area contributed by atoms with E-state index in [0.29, 0.717) is 28.0 Å². The second kappa shape index (κ2) is 4.78. The summed E-state index contributed by atoms with van der Waals surface area (Å²) in [6, 6.07) is 7.45. The molecule has 1 aromatic carbocycles. The molecule has 0 bridgehead atoms. The van der Waals surface area contributed by atoms with Crippen LogP contribution in [-0.4, -0.2) is 6.54 Å². The van der Waals surface area contributed by atoms with E-state index >= 15 is 0 Å². The summed E-state index contributed by atoms with van der Waals surface area (Å²) in [7, 11) is 0. The van der Waals surface area contributed by atoms with Crippen LogP contribution in [0.4, 0.5) is 5.69 Å². The van der Waals surface area contributed by atoms with Crippen molar-refractivity contribution < 1.29 is 0 Å². The molecule has 3 N–H and O–H groups in total. The summed E-state index contributed by atoms with van der Waals surface area (Å²) in [6.07, 6.45) is 3.69. The van der Waals surface area contributed by atoms with E-state index < -0.39 is 0 Å². The molecule has 100 valence electrons. The average molecular weight is 305 g/mol. The van der Waals surface area contributed by atoms with E-state index in [1.54, 1.807) is 12.1 Å². The maximum absolute atomic E-state index is 9.20. The van der Waals surface area contributed by atoms with Crippen LogP contribution in [0.3, 0.4) is 0 Å². The molecule has 2 aliphatic heterocycles. The lowest BCUT2D eigenvalue weighted by Crippen LogP contribution is -2.22. The zero-order chi connectivity index (χ0) is 14.3. The molecule has 0 aliphatic carbocycles. The molecule has 0 fully saturated rings. The number of nitrogens with two attached hydrogens (primary N) is 1. The summed E-state index contributed by atoms with van der Waals surface area (Å²) in [6.45, 7) is 0.627. The zero-order valence-electron chi connectivity index (χ0n) is 10.3. The number of dihydropyridines is 1. The second-order valence-corrected chi connectivity index (χ2v) is 5.32. The van der Waals surface area contributed by atoms with Gasteiger partial charge in [-0.15, -0.1) is 0 Å². The Morgan fingerprint density at radius 2 is 2.15 bits per heavy atom. The smallest absolute Gasteiger partial charge is 0.119 e. The van der Waals surface area contributed by atoms with Crippen molar-refractivity contribution in [1.82, 2.24) is 5.32 Å². The van der Waals surface area contributed by atoms with Gasteiger partial charge in [-0.25, -0.2) is 0 Å². The monoisotopic (exact) mass is 304 g/mol. The first-order chi connectivity index (χ1) is 9.60. The molecular formula is C14H10Cl2N4. The lowest BCUT2D eigenvalue weighted by Gasteiger charge is -2.17. The van der Waals surface area contributed by atoms with E-state index in [1.165, 1.54) is 0 Å². The summed E-state index contributed by atoms with van der Waals surface area (Å²) in [5.41, 5.74) is 8.90. The van der Waals surface area contributed by atoms with Crippen LogP contribution in [0.25, 0.3) is 0 Å². The number of nitrogens with one attached hydrogen (secondary N) is 1. The molecule has 0 saturated carbocycles. The Morgan fingerprint density at radius 3 is 2.85 bits per heavy atom. The SMILES string of the molecule is N#CC1=C(N)NC=C2CN(c3ccc(Cl)cc3Cl)C=C21. The van der Waals surface area contributed by atoms with Gasteiger partial charge >= 0.3 is 0 Å². The molecule has 0 amide bonds.